The molecule has 0 aromatic heterocycles. The van der Waals surface area contributed by atoms with Gasteiger partial charge >= 0.3 is 6.18 Å². The van der Waals surface area contributed by atoms with Crippen LogP contribution < -0.4 is 10.6 Å². The second kappa shape index (κ2) is 10.1. The zero-order valence-corrected chi connectivity index (χ0v) is 15.7. The molecule has 0 unspecified atom stereocenters. The number of rotatable bonds is 8. The second-order valence-corrected chi connectivity index (χ2v) is 6.60. The van der Waals surface area contributed by atoms with E-state index in [0.29, 0.717) is 17.9 Å². The van der Waals surface area contributed by atoms with Gasteiger partial charge in [-0.1, -0.05) is 23.7 Å². The van der Waals surface area contributed by atoms with Crippen molar-refractivity contribution in [1.82, 2.24) is 10.6 Å². The molecule has 0 bridgehead atoms. The van der Waals surface area contributed by atoms with Crippen molar-refractivity contribution >= 4 is 23.4 Å². The van der Waals surface area contributed by atoms with Gasteiger partial charge < -0.3 is 10.6 Å². The highest BCUT2D eigenvalue weighted by molar-refractivity contribution is 6.30. The molecule has 0 aliphatic heterocycles. The third-order valence-electron chi connectivity index (χ3n) is 3.99. The number of aryl methyl sites for hydroxylation is 1. The second-order valence-electron chi connectivity index (χ2n) is 6.16. The van der Waals surface area contributed by atoms with Crippen LogP contribution in [0.5, 0.6) is 0 Å². The van der Waals surface area contributed by atoms with Crippen LogP contribution in [0.25, 0.3) is 0 Å². The Labute approximate surface area is 166 Å². The molecular formula is C20H20ClF3N2O2. The highest BCUT2D eigenvalue weighted by atomic mass is 35.5. The Morgan fingerprint density at radius 1 is 0.893 bits per heavy atom. The molecule has 28 heavy (non-hydrogen) atoms. The van der Waals surface area contributed by atoms with Crippen molar-refractivity contribution < 1.29 is 22.8 Å². The van der Waals surface area contributed by atoms with Gasteiger partial charge in [0.2, 0.25) is 5.91 Å². The summed E-state index contributed by atoms with van der Waals surface area (Å²) < 4.78 is 37.5. The highest BCUT2D eigenvalue weighted by Crippen LogP contribution is 2.29. The van der Waals surface area contributed by atoms with Gasteiger partial charge in [0, 0.05) is 30.1 Å². The van der Waals surface area contributed by atoms with Crippen molar-refractivity contribution in [2.45, 2.75) is 25.4 Å². The first-order valence-electron chi connectivity index (χ1n) is 8.72. The number of halogens is 4. The van der Waals surface area contributed by atoms with E-state index in [9.17, 15) is 22.8 Å². The first kappa shape index (κ1) is 21.8. The minimum absolute atomic E-state index is 0.127. The molecule has 0 spiro atoms. The SMILES string of the molecule is O=C(CCCc1ccc(Cl)cc1)NCCNC(=O)c1ccc(C(F)(F)F)cc1. The van der Waals surface area contributed by atoms with Gasteiger partial charge in [0.25, 0.3) is 5.91 Å². The molecule has 0 heterocycles. The molecular weight excluding hydrogens is 393 g/mol. The first-order chi connectivity index (χ1) is 13.3. The molecule has 0 fully saturated rings. The lowest BCUT2D eigenvalue weighted by Gasteiger charge is -2.09. The Hall–Kier alpha value is -2.54. The Balaban J connectivity index is 1.63. The number of nitrogens with one attached hydrogen (secondary N) is 2. The van der Waals surface area contributed by atoms with Crippen molar-refractivity contribution in [2.24, 2.45) is 0 Å². The molecule has 0 radical (unpaired) electrons. The maximum Gasteiger partial charge on any atom is 0.416 e. The van der Waals surface area contributed by atoms with Crippen LogP contribution in [0.1, 0.15) is 34.3 Å². The molecule has 0 atom stereocenters. The summed E-state index contributed by atoms with van der Waals surface area (Å²) in [7, 11) is 0. The molecule has 0 aliphatic rings. The van der Waals surface area contributed by atoms with E-state index in [0.717, 1.165) is 36.2 Å². The third kappa shape index (κ3) is 7.23. The number of carbonyl (C=O) groups excluding carboxylic acids is 2. The van der Waals surface area contributed by atoms with E-state index in [4.69, 9.17) is 11.6 Å². The normalized spacial score (nSPS) is 11.1. The molecule has 2 aromatic carbocycles. The lowest BCUT2D eigenvalue weighted by atomic mass is 10.1. The lowest BCUT2D eigenvalue weighted by molar-refractivity contribution is -0.137. The predicted molar refractivity (Wildman–Crippen MR) is 101 cm³/mol. The number of amides is 2. The number of hydrogen-bond acceptors (Lipinski definition) is 2. The van der Waals surface area contributed by atoms with Crippen LogP contribution in [0.4, 0.5) is 13.2 Å². The van der Waals surface area contributed by atoms with Crippen LogP contribution in [0.2, 0.25) is 5.02 Å². The van der Waals surface area contributed by atoms with Gasteiger partial charge in [-0.2, -0.15) is 13.2 Å². The zero-order valence-electron chi connectivity index (χ0n) is 15.0. The number of benzene rings is 2. The molecule has 2 rings (SSSR count). The molecule has 0 aliphatic carbocycles. The monoisotopic (exact) mass is 412 g/mol. The smallest absolute Gasteiger partial charge is 0.354 e. The van der Waals surface area contributed by atoms with Gasteiger partial charge in [0.15, 0.2) is 0 Å². The van der Waals surface area contributed by atoms with Crippen molar-refractivity contribution in [3.63, 3.8) is 0 Å². The van der Waals surface area contributed by atoms with Crippen molar-refractivity contribution in [3.05, 3.63) is 70.2 Å². The Kier molecular flexibility index (Phi) is 7.87. The summed E-state index contributed by atoms with van der Waals surface area (Å²) in [5.41, 5.74) is 0.415. The topological polar surface area (TPSA) is 58.2 Å². The van der Waals surface area contributed by atoms with Gasteiger partial charge in [-0.15, -0.1) is 0 Å². The van der Waals surface area contributed by atoms with Crippen LogP contribution in [0, 0.1) is 0 Å². The van der Waals surface area contributed by atoms with Crippen molar-refractivity contribution in [3.8, 4) is 0 Å². The van der Waals surface area contributed by atoms with E-state index in [2.05, 4.69) is 10.6 Å². The summed E-state index contributed by atoms with van der Waals surface area (Å²) in [4.78, 5) is 23.7. The molecule has 0 saturated carbocycles. The Morgan fingerprint density at radius 2 is 1.50 bits per heavy atom. The van der Waals surface area contributed by atoms with Gasteiger partial charge in [0.05, 0.1) is 5.56 Å². The number of alkyl halides is 3. The standard InChI is InChI=1S/C20H20ClF3N2O2/c21-17-10-4-14(5-11-17)2-1-3-18(27)25-12-13-26-19(28)15-6-8-16(9-7-15)20(22,23)24/h4-11H,1-3,12-13H2,(H,25,27)(H,26,28). The van der Waals surface area contributed by atoms with E-state index in [-0.39, 0.29) is 24.6 Å². The summed E-state index contributed by atoms with van der Waals surface area (Å²) in [5.74, 6) is -0.622. The van der Waals surface area contributed by atoms with E-state index in [1.54, 1.807) is 12.1 Å². The van der Waals surface area contributed by atoms with E-state index < -0.39 is 17.6 Å². The fraction of sp³-hybridized carbons (Fsp3) is 0.300. The molecule has 150 valence electrons. The van der Waals surface area contributed by atoms with Crippen molar-refractivity contribution in [1.29, 1.82) is 0 Å². The Bertz CT molecular complexity index is 791. The largest absolute Gasteiger partial charge is 0.416 e. The predicted octanol–water partition coefficient (Wildman–Crippen LogP) is 4.23. The zero-order chi connectivity index (χ0) is 20.6. The summed E-state index contributed by atoms with van der Waals surface area (Å²) in [6.45, 7) is 0.426. The van der Waals surface area contributed by atoms with Crippen LogP contribution in [0.15, 0.2) is 48.5 Å². The van der Waals surface area contributed by atoms with E-state index >= 15 is 0 Å². The highest BCUT2D eigenvalue weighted by Gasteiger charge is 2.30. The van der Waals surface area contributed by atoms with Crippen LogP contribution in [-0.4, -0.2) is 24.9 Å². The summed E-state index contributed by atoms with van der Waals surface area (Å²) in [6, 6.07) is 11.4. The molecule has 2 amide bonds. The minimum Gasteiger partial charge on any atom is -0.354 e. The first-order valence-corrected chi connectivity index (χ1v) is 9.10. The summed E-state index contributed by atoms with van der Waals surface area (Å²) in [6.07, 6.45) is -2.64. The average molecular weight is 413 g/mol. The quantitative estimate of drug-likeness (QED) is 0.637. The van der Waals surface area contributed by atoms with E-state index in [1.807, 2.05) is 12.1 Å². The summed E-state index contributed by atoms with van der Waals surface area (Å²) >= 11 is 5.81. The average Bonchev–Trinajstić information content (AvgIpc) is 2.66. The third-order valence-corrected chi connectivity index (χ3v) is 4.24. The van der Waals surface area contributed by atoms with Crippen molar-refractivity contribution in [2.75, 3.05) is 13.1 Å². The van der Waals surface area contributed by atoms with Gasteiger partial charge in [-0.05, 0) is 54.8 Å². The summed E-state index contributed by atoms with van der Waals surface area (Å²) in [5, 5.41) is 5.91. The maximum atomic E-state index is 12.5. The lowest BCUT2D eigenvalue weighted by Crippen LogP contribution is -2.34. The molecule has 0 saturated heterocycles. The van der Waals surface area contributed by atoms with Gasteiger partial charge in [-0.3, -0.25) is 9.59 Å². The fourth-order valence-electron chi connectivity index (χ4n) is 2.48. The van der Waals surface area contributed by atoms with Gasteiger partial charge in [0.1, 0.15) is 0 Å². The molecule has 8 heteroatoms. The Morgan fingerprint density at radius 3 is 2.11 bits per heavy atom. The number of hydrogen-bond donors (Lipinski definition) is 2. The maximum absolute atomic E-state index is 12.5. The van der Waals surface area contributed by atoms with Crippen LogP contribution in [-0.2, 0) is 17.4 Å². The molecule has 2 aromatic rings. The molecule has 4 nitrogen and oxygen atoms in total. The van der Waals surface area contributed by atoms with Gasteiger partial charge in [-0.25, -0.2) is 0 Å². The van der Waals surface area contributed by atoms with Crippen LogP contribution in [0.3, 0.4) is 0 Å². The number of carbonyl (C=O) groups is 2. The fourth-order valence-corrected chi connectivity index (χ4v) is 2.61. The molecule has 2 N–H and O–H groups in total. The minimum atomic E-state index is -4.44. The van der Waals surface area contributed by atoms with E-state index in [1.165, 1.54) is 0 Å². The van der Waals surface area contributed by atoms with Crippen LogP contribution >= 0.6 is 11.6 Å².